The number of carbonyl (C=O) groups excluding carboxylic acids is 1. The highest BCUT2D eigenvalue weighted by atomic mass is 16.4. The third-order valence-electron chi connectivity index (χ3n) is 3.09. The second-order valence-corrected chi connectivity index (χ2v) is 4.31. The van der Waals surface area contributed by atoms with Crippen molar-refractivity contribution in [3.8, 4) is 0 Å². The first-order chi connectivity index (χ1) is 7.56. The minimum atomic E-state index is -0.881. The van der Waals surface area contributed by atoms with Crippen LogP contribution in [0.5, 0.6) is 0 Å². The minimum absolute atomic E-state index is 0.104. The summed E-state index contributed by atoms with van der Waals surface area (Å²) in [6, 6.07) is 0.104. The van der Waals surface area contributed by atoms with Gasteiger partial charge in [-0.2, -0.15) is 0 Å². The maximum atomic E-state index is 11.9. The zero-order chi connectivity index (χ0) is 12.1. The van der Waals surface area contributed by atoms with Crippen LogP contribution in [-0.4, -0.2) is 23.0 Å². The van der Waals surface area contributed by atoms with Gasteiger partial charge in [0.05, 0.1) is 11.8 Å². The Balaban J connectivity index is 2.65. The van der Waals surface area contributed by atoms with Gasteiger partial charge in [0.1, 0.15) is 0 Å². The number of amides is 1. The molecule has 0 fully saturated rings. The van der Waals surface area contributed by atoms with Crippen LogP contribution >= 0.6 is 0 Å². The zero-order valence-electron chi connectivity index (χ0n) is 9.77. The highest BCUT2D eigenvalue weighted by Gasteiger charge is 2.34. The van der Waals surface area contributed by atoms with Gasteiger partial charge in [-0.25, -0.2) is 0 Å². The fourth-order valence-electron chi connectivity index (χ4n) is 1.83. The molecule has 0 bridgehead atoms. The number of aliphatic carboxylic acids is 1. The molecule has 0 unspecified atom stereocenters. The van der Waals surface area contributed by atoms with Gasteiger partial charge in [0, 0.05) is 6.04 Å². The molecule has 0 saturated heterocycles. The lowest BCUT2D eigenvalue weighted by atomic mass is 9.82. The molecule has 0 aromatic heterocycles. The van der Waals surface area contributed by atoms with Gasteiger partial charge in [-0.3, -0.25) is 9.59 Å². The molecule has 90 valence electrons. The van der Waals surface area contributed by atoms with Crippen LogP contribution in [0.25, 0.3) is 0 Å². The Morgan fingerprint density at radius 2 is 1.94 bits per heavy atom. The van der Waals surface area contributed by atoms with Crippen molar-refractivity contribution in [2.75, 3.05) is 0 Å². The fraction of sp³-hybridized carbons (Fsp3) is 0.667. The molecule has 0 aliphatic heterocycles. The SMILES string of the molecule is CC[C@@H](C)NC(=O)[C@@H]1CC=CC[C@@H]1C(=O)O. The Hall–Kier alpha value is -1.32. The Morgan fingerprint density at radius 3 is 2.44 bits per heavy atom. The number of allylic oxidation sites excluding steroid dienone is 2. The van der Waals surface area contributed by atoms with Crippen molar-refractivity contribution in [2.24, 2.45) is 11.8 Å². The second kappa shape index (κ2) is 5.68. The van der Waals surface area contributed by atoms with E-state index in [9.17, 15) is 9.59 Å². The highest BCUT2D eigenvalue weighted by Crippen LogP contribution is 2.26. The number of carboxylic acid groups (broad SMARTS) is 1. The van der Waals surface area contributed by atoms with Crippen molar-refractivity contribution >= 4 is 11.9 Å². The van der Waals surface area contributed by atoms with Crippen LogP contribution in [0.2, 0.25) is 0 Å². The summed E-state index contributed by atoms with van der Waals surface area (Å²) < 4.78 is 0. The predicted octanol–water partition coefficient (Wildman–Crippen LogP) is 1.57. The molecule has 3 atom stereocenters. The number of carbonyl (C=O) groups is 2. The zero-order valence-corrected chi connectivity index (χ0v) is 9.77. The lowest BCUT2D eigenvalue weighted by Gasteiger charge is -2.25. The predicted molar refractivity (Wildman–Crippen MR) is 60.9 cm³/mol. The molecular formula is C12H19NO3. The summed E-state index contributed by atoms with van der Waals surface area (Å²) in [5.41, 5.74) is 0. The Labute approximate surface area is 95.7 Å². The average Bonchev–Trinajstić information content (AvgIpc) is 2.28. The van der Waals surface area contributed by atoms with Crippen LogP contribution in [0, 0.1) is 11.8 Å². The number of hydrogen-bond donors (Lipinski definition) is 2. The van der Waals surface area contributed by atoms with Gasteiger partial charge in [0.25, 0.3) is 0 Å². The molecule has 4 nitrogen and oxygen atoms in total. The number of rotatable bonds is 4. The normalized spacial score (nSPS) is 26.1. The van der Waals surface area contributed by atoms with Gasteiger partial charge in [0.15, 0.2) is 0 Å². The summed E-state index contributed by atoms with van der Waals surface area (Å²) >= 11 is 0. The first-order valence-electron chi connectivity index (χ1n) is 5.74. The van der Waals surface area contributed by atoms with E-state index in [1.807, 2.05) is 26.0 Å². The van der Waals surface area contributed by atoms with Crippen molar-refractivity contribution in [2.45, 2.75) is 39.2 Å². The van der Waals surface area contributed by atoms with Crippen LogP contribution in [-0.2, 0) is 9.59 Å². The molecule has 0 radical (unpaired) electrons. The van der Waals surface area contributed by atoms with E-state index in [1.54, 1.807) is 0 Å². The molecule has 1 aliphatic rings. The van der Waals surface area contributed by atoms with E-state index in [4.69, 9.17) is 5.11 Å². The van der Waals surface area contributed by atoms with E-state index >= 15 is 0 Å². The molecule has 16 heavy (non-hydrogen) atoms. The van der Waals surface area contributed by atoms with E-state index in [1.165, 1.54) is 0 Å². The fourth-order valence-corrected chi connectivity index (χ4v) is 1.83. The second-order valence-electron chi connectivity index (χ2n) is 4.31. The number of nitrogens with one attached hydrogen (secondary N) is 1. The highest BCUT2D eigenvalue weighted by molar-refractivity contribution is 5.85. The molecule has 2 N–H and O–H groups in total. The summed E-state index contributed by atoms with van der Waals surface area (Å²) in [4.78, 5) is 22.9. The van der Waals surface area contributed by atoms with E-state index < -0.39 is 17.8 Å². The summed E-state index contributed by atoms with van der Waals surface area (Å²) in [5.74, 6) is -2.01. The maximum absolute atomic E-state index is 11.9. The van der Waals surface area contributed by atoms with Crippen molar-refractivity contribution in [3.63, 3.8) is 0 Å². The Bertz CT molecular complexity index is 299. The first-order valence-corrected chi connectivity index (χ1v) is 5.74. The molecule has 0 saturated carbocycles. The first kappa shape index (κ1) is 12.7. The molecule has 1 aliphatic carbocycles. The Morgan fingerprint density at radius 1 is 1.38 bits per heavy atom. The average molecular weight is 225 g/mol. The largest absolute Gasteiger partial charge is 0.481 e. The lowest BCUT2D eigenvalue weighted by Crippen LogP contribution is -2.42. The third kappa shape index (κ3) is 3.08. The van der Waals surface area contributed by atoms with E-state index in [0.29, 0.717) is 12.8 Å². The third-order valence-corrected chi connectivity index (χ3v) is 3.09. The van der Waals surface area contributed by atoms with Crippen molar-refractivity contribution in [3.05, 3.63) is 12.2 Å². The van der Waals surface area contributed by atoms with Gasteiger partial charge < -0.3 is 10.4 Å². The van der Waals surface area contributed by atoms with Gasteiger partial charge >= 0.3 is 5.97 Å². The van der Waals surface area contributed by atoms with E-state index in [-0.39, 0.29) is 11.9 Å². The summed E-state index contributed by atoms with van der Waals surface area (Å²) in [5, 5.41) is 11.9. The van der Waals surface area contributed by atoms with E-state index in [2.05, 4.69) is 5.32 Å². The van der Waals surface area contributed by atoms with Gasteiger partial charge in [-0.05, 0) is 26.2 Å². The Kier molecular flexibility index (Phi) is 4.52. The standard InChI is InChI=1S/C12H19NO3/c1-3-8(2)13-11(14)9-6-4-5-7-10(9)12(15)16/h4-5,8-10H,3,6-7H2,1-2H3,(H,13,14)(H,15,16)/t8-,9-,10+/m1/s1. The molecule has 4 heteroatoms. The maximum Gasteiger partial charge on any atom is 0.307 e. The van der Waals surface area contributed by atoms with Crippen molar-refractivity contribution in [1.29, 1.82) is 0 Å². The van der Waals surface area contributed by atoms with Crippen LogP contribution < -0.4 is 5.32 Å². The smallest absolute Gasteiger partial charge is 0.307 e. The molecule has 1 rings (SSSR count). The molecule has 0 spiro atoms. The van der Waals surface area contributed by atoms with Crippen molar-refractivity contribution in [1.82, 2.24) is 5.32 Å². The lowest BCUT2D eigenvalue weighted by molar-refractivity contribution is -0.147. The van der Waals surface area contributed by atoms with Gasteiger partial charge in [0.2, 0.25) is 5.91 Å². The molecule has 0 heterocycles. The number of hydrogen-bond acceptors (Lipinski definition) is 2. The van der Waals surface area contributed by atoms with Crippen molar-refractivity contribution < 1.29 is 14.7 Å². The van der Waals surface area contributed by atoms with Gasteiger partial charge in [-0.1, -0.05) is 19.1 Å². The number of carboxylic acids is 1. The van der Waals surface area contributed by atoms with E-state index in [0.717, 1.165) is 6.42 Å². The topological polar surface area (TPSA) is 66.4 Å². The summed E-state index contributed by atoms with van der Waals surface area (Å²) in [6.45, 7) is 3.91. The molecule has 0 aromatic rings. The summed E-state index contributed by atoms with van der Waals surface area (Å²) in [6.07, 6.45) is 5.56. The van der Waals surface area contributed by atoms with Crippen LogP contribution in [0.4, 0.5) is 0 Å². The van der Waals surface area contributed by atoms with Gasteiger partial charge in [-0.15, -0.1) is 0 Å². The quantitative estimate of drug-likeness (QED) is 0.714. The monoisotopic (exact) mass is 225 g/mol. The van der Waals surface area contributed by atoms with Crippen LogP contribution in [0.15, 0.2) is 12.2 Å². The molecular weight excluding hydrogens is 206 g/mol. The summed E-state index contributed by atoms with van der Waals surface area (Å²) in [7, 11) is 0. The minimum Gasteiger partial charge on any atom is -0.481 e. The van der Waals surface area contributed by atoms with Crippen LogP contribution in [0.3, 0.4) is 0 Å². The van der Waals surface area contributed by atoms with Crippen LogP contribution in [0.1, 0.15) is 33.1 Å². The molecule has 0 aromatic carbocycles. The molecule has 1 amide bonds.